The Kier molecular flexibility index (Phi) is 10.1. The monoisotopic (exact) mass is 521 g/mol. The van der Waals surface area contributed by atoms with E-state index in [1.54, 1.807) is 37.3 Å². The maximum Gasteiger partial charge on any atom is 0.338 e. The number of esters is 2. The predicted octanol–water partition coefficient (Wildman–Crippen LogP) is 3.31. The van der Waals surface area contributed by atoms with Crippen LogP contribution in [-0.4, -0.2) is 67.3 Å². The minimum absolute atomic E-state index is 0.0678. The second-order valence-electron chi connectivity index (χ2n) is 8.04. The van der Waals surface area contributed by atoms with Gasteiger partial charge in [-0.1, -0.05) is 30.3 Å². The average Bonchev–Trinajstić information content (AvgIpc) is 2.81. The van der Waals surface area contributed by atoms with E-state index in [0.717, 1.165) is 0 Å². The summed E-state index contributed by atoms with van der Waals surface area (Å²) in [7, 11) is 2.75. The summed E-state index contributed by atoms with van der Waals surface area (Å²) >= 11 is 9.53. The van der Waals surface area contributed by atoms with Gasteiger partial charge in [-0.3, -0.25) is 14.9 Å². The molecule has 0 unspecified atom stereocenters. The molecule has 0 bridgehead atoms. The van der Waals surface area contributed by atoms with Gasteiger partial charge in [0.05, 0.1) is 23.8 Å². The summed E-state index contributed by atoms with van der Waals surface area (Å²) in [4.78, 5) is 36.8. The van der Waals surface area contributed by atoms with Crippen LogP contribution in [0.1, 0.15) is 31.7 Å². The van der Waals surface area contributed by atoms with E-state index < -0.39 is 58.8 Å². The molecule has 3 rings (SSSR count). The van der Waals surface area contributed by atoms with E-state index in [0.29, 0.717) is 5.56 Å². The molecule has 2 aliphatic heterocycles. The molecule has 12 heteroatoms. The van der Waals surface area contributed by atoms with Crippen LogP contribution in [0, 0.1) is 22.0 Å². The van der Waals surface area contributed by atoms with Gasteiger partial charge in [-0.15, -0.1) is 23.2 Å². The fourth-order valence-electron chi connectivity index (χ4n) is 4.30. The molecule has 0 aromatic heterocycles. The number of alkyl halides is 2. The molecule has 1 aromatic rings. The summed E-state index contributed by atoms with van der Waals surface area (Å²) in [5.41, 5.74) is 0.605. The molecule has 0 N–H and O–H groups in total. The van der Waals surface area contributed by atoms with Crippen LogP contribution in [0.5, 0.6) is 0 Å². The van der Waals surface area contributed by atoms with Crippen molar-refractivity contribution >= 4 is 35.1 Å². The third-order valence-electron chi connectivity index (χ3n) is 6.31. The number of ether oxygens (including phenoxy) is 5. The molecule has 6 atom stereocenters. The lowest BCUT2D eigenvalue weighted by Gasteiger charge is -2.50. The first-order chi connectivity index (χ1) is 16.1. The Bertz CT molecular complexity index is 858. The van der Waals surface area contributed by atoms with E-state index in [1.807, 2.05) is 0 Å². The number of cyclic esters (lactones) is 2. The fourth-order valence-corrected chi connectivity index (χ4v) is 4.30. The molecule has 0 aliphatic carbocycles. The first-order valence-electron chi connectivity index (χ1n) is 10.5. The minimum atomic E-state index is -1.51. The van der Waals surface area contributed by atoms with Crippen molar-refractivity contribution in [3.63, 3.8) is 0 Å². The first-order valence-corrected chi connectivity index (χ1v) is 11.6. The lowest BCUT2D eigenvalue weighted by molar-refractivity contribution is -0.485. The number of halogens is 2. The zero-order valence-corrected chi connectivity index (χ0v) is 20.9. The van der Waals surface area contributed by atoms with Crippen LogP contribution in [-0.2, 0) is 33.3 Å². The van der Waals surface area contributed by atoms with E-state index in [9.17, 15) is 19.7 Å². The van der Waals surface area contributed by atoms with Crippen LogP contribution in [0.15, 0.2) is 30.3 Å². The Hall–Kier alpha value is -1.98. The average molecular weight is 522 g/mol. The summed E-state index contributed by atoms with van der Waals surface area (Å²) in [6.07, 6.45) is -0.912. The van der Waals surface area contributed by atoms with Gasteiger partial charge in [0, 0.05) is 32.0 Å². The molecule has 10 nitrogen and oxygen atoms in total. The third kappa shape index (κ3) is 5.98. The molecule has 0 radical (unpaired) electrons. The van der Waals surface area contributed by atoms with Crippen molar-refractivity contribution in [2.24, 2.45) is 11.8 Å². The maximum absolute atomic E-state index is 12.9. The van der Waals surface area contributed by atoms with Crippen LogP contribution in [0.25, 0.3) is 0 Å². The standard InChI is InChI=1S/C21H27NO9.CH2Cl2/c1-20(27-3)21(2,28-4)31-19(24)17(30-20)14-10-11-29-18(23)16(14)15(12-22(25)26)13-8-6-5-7-9-13;2-1-3/h5-9,14-17H,10-12H2,1-4H3;1H2/t14-,15-,16-,17+,20-,21-;/m0./s1. The second-order valence-corrected chi connectivity index (χ2v) is 8.85. The van der Waals surface area contributed by atoms with Gasteiger partial charge < -0.3 is 23.7 Å². The Morgan fingerprint density at radius 2 is 1.71 bits per heavy atom. The molecule has 0 amide bonds. The number of rotatable bonds is 7. The number of benzene rings is 1. The highest BCUT2D eigenvalue weighted by atomic mass is 35.5. The second kappa shape index (κ2) is 12.1. The highest BCUT2D eigenvalue weighted by Crippen LogP contribution is 2.44. The highest BCUT2D eigenvalue weighted by Gasteiger charge is 2.61. The zero-order valence-electron chi connectivity index (χ0n) is 19.4. The fraction of sp³-hybridized carbons (Fsp3) is 0.636. The Labute approximate surface area is 207 Å². The number of nitrogens with zero attached hydrogens (tertiary/aromatic N) is 1. The van der Waals surface area contributed by atoms with Crippen LogP contribution < -0.4 is 0 Å². The third-order valence-corrected chi connectivity index (χ3v) is 6.31. The van der Waals surface area contributed by atoms with Crippen LogP contribution in [0.4, 0.5) is 0 Å². The van der Waals surface area contributed by atoms with Crippen LogP contribution >= 0.6 is 23.2 Å². The van der Waals surface area contributed by atoms with Crippen LogP contribution in [0.3, 0.4) is 0 Å². The highest BCUT2D eigenvalue weighted by molar-refractivity contribution is 6.40. The molecule has 34 heavy (non-hydrogen) atoms. The van der Waals surface area contributed by atoms with Crippen molar-refractivity contribution in [2.75, 3.05) is 32.7 Å². The molecule has 2 aliphatic rings. The summed E-state index contributed by atoms with van der Waals surface area (Å²) in [5.74, 6) is -6.81. The lowest BCUT2D eigenvalue weighted by Crippen LogP contribution is -2.66. The summed E-state index contributed by atoms with van der Waals surface area (Å²) in [6, 6.07) is 8.69. The van der Waals surface area contributed by atoms with Crippen molar-refractivity contribution in [1.29, 1.82) is 0 Å². The summed E-state index contributed by atoms with van der Waals surface area (Å²) in [5, 5.41) is 11.6. The van der Waals surface area contributed by atoms with Gasteiger partial charge in [0.25, 0.3) is 5.79 Å². The summed E-state index contributed by atoms with van der Waals surface area (Å²) < 4.78 is 27.7. The molecule has 0 spiro atoms. The van der Waals surface area contributed by atoms with E-state index in [2.05, 4.69) is 0 Å². The lowest BCUT2D eigenvalue weighted by atomic mass is 9.72. The normalized spacial score (nSPS) is 32.0. The SMILES string of the molecule is CO[C@@]1(C)OC(=O)[C@@H]([C@H]2CCOC(=O)[C@@H]2[C@@H](C[N+](=O)[O-])c2ccccc2)O[C@]1(C)OC.ClCCl. The summed E-state index contributed by atoms with van der Waals surface area (Å²) in [6.45, 7) is 2.65. The molecular weight excluding hydrogens is 493 g/mol. The van der Waals surface area contributed by atoms with Crippen molar-refractivity contribution < 1.29 is 38.2 Å². The van der Waals surface area contributed by atoms with Gasteiger partial charge in [-0.25, -0.2) is 4.79 Å². The van der Waals surface area contributed by atoms with Gasteiger partial charge in [0.2, 0.25) is 12.3 Å². The van der Waals surface area contributed by atoms with Gasteiger partial charge >= 0.3 is 11.9 Å². The van der Waals surface area contributed by atoms with Crippen molar-refractivity contribution in [2.45, 2.75) is 43.9 Å². The minimum Gasteiger partial charge on any atom is -0.465 e. The van der Waals surface area contributed by atoms with E-state index >= 15 is 0 Å². The molecule has 1 aromatic carbocycles. The van der Waals surface area contributed by atoms with Crippen molar-refractivity contribution in [3.8, 4) is 0 Å². The number of methoxy groups -OCH3 is 2. The first kappa shape index (κ1) is 28.3. The smallest absolute Gasteiger partial charge is 0.338 e. The number of hydrogen-bond acceptors (Lipinski definition) is 9. The Morgan fingerprint density at radius 1 is 1.12 bits per heavy atom. The van der Waals surface area contributed by atoms with Gasteiger partial charge in [-0.05, 0) is 18.9 Å². The van der Waals surface area contributed by atoms with E-state index in [1.165, 1.54) is 21.1 Å². The largest absolute Gasteiger partial charge is 0.465 e. The quantitative estimate of drug-likeness (QED) is 0.230. The van der Waals surface area contributed by atoms with E-state index in [-0.39, 0.29) is 18.4 Å². The van der Waals surface area contributed by atoms with Gasteiger partial charge in [0.15, 0.2) is 6.10 Å². The van der Waals surface area contributed by atoms with Crippen LogP contribution in [0.2, 0.25) is 0 Å². The number of nitro groups is 1. The molecular formula is C22H29Cl2NO9. The molecule has 2 heterocycles. The Morgan fingerprint density at radius 3 is 2.24 bits per heavy atom. The van der Waals surface area contributed by atoms with Crippen molar-refractivity contribution in [3.05, 3.63) is 46.0 Å². The van der Waals surface area contributed by atoms with Crippen molar-refractivity contribution in [1.82, 2.24) is 0 Å². The predicted molar refractivity (Wildman–Crippen MR) is 122 cm³/mol. The number of carbonyl (C=O) groups excluding carboxylic acids is 2. The van der Waals surface area contributed by atoms with Gasteiger partial charge in [0.1, 0.15) is 0 Å². The molecule has 0 saturated carbocycles. The molecule has 2 saturated heterocycles. The maximum atomic E-state index is 12.9. The van der Waals surface area contributed by atoms with E-state index in [4.69, 9.17) is 46.9 Å². The Balaban J connectivity index is 0.00000129. The zero-order chi connectivity index (χ0) is 25.5. The molecule has 190 valence electrons. The molecule has 2 fully saturated rings. The topological polar surface area (TPSA) is 123 Å². The van der Waals surface area contributed by atoms with Gasteiger partial charge in [-0.2, -0.15) is 0 Å². The number of carbonyl (C=O) groups is 2. The number of hydrogen-bond donors (Lipinski definition) is 0.